The van der Waals surface area contributed by atoms with Gasteiger partial charge in [-0.15, -0.1) is 0 Å². The lowest BCUT2D eigenvalue weighted by Crippen LogP contribution is -2.53. The van der Waals surface area contributed by atoms with Crippen LogP contribution in [0.4, 0.5) is 0 Å². The molecule has 0 radical (unpaired) electrons. The molecule has 0 aromatic heterocycles. The van der Waals surface area contributed by atoms with Crippen LogP contribution in [0.2, 0.25) is 0 Å². The van der Waals surface area contributed by atoms with Crippen molar-refractivity contribution in [1.82, 2.24) is 4.90 Å². The number of hydrogen-bond acceptors (Lipinski definition) is 3. The zero-order chi connectivity index (χ0) is 14.9. The first kappa shape index (κ1) is 15.5. The number of ether oxygens (including phenoxy) is 1. The van der Waals surface area contributed by atoms with Crippen LogP contribution in [0, 0.1) is 13.8 Å². The lowest BCUT2D eigenvalue weighted by molar-refractivity contribution is -0.129. The van der Waals surface area contributed by atoms with Crippen molar-refractivity contribution in [2.45, 2.75) is 52.4 Å². The van der Waals surface area contributed by atoms with Crippen LogP contribution < -0.4 is 5.73 Å². The summed E-state index contributed by atoms with van der Waals surface area (Å²) in [5.41, 5.74) is 10.1. The van der Waals surface area contributed by atoms with E-state index in [1.54, 1.807) is 0 Å². The Balaban J connectivity index is 2.05. The third-order valence-corrected chi connectivity index (χ3v) is 3.77. The molecule has 0 saturated carbocycles. The number of benzene rings is 1. The van der Waals surface area contributed by atoms with Gasteiger partial charge in [-0.1, -0.05) is 29.3 Å². The minimum Gasteiger partial charge on any atom is -0.370 e. The van der Waals surface area contributed by atoms with E-state index in [1.807, 2.05) is 0 Å². The van der Waals surface area contributed by atoms with Crippen molar-refractivity contribution in [2.24, 2.45) is 5.73 Å². The average molecular weight is 276 g/mol. The minimum absolute atomic E-state index is 0.0645. The highest BCUT2D eigenvalue weighted by atomic mass is 16.5. The minimum atomic E-state index is -0.0834. The number of aryl methyl sites for hydroxylation is 2. The van der Waals surface area contributed by atoms with E-state index >= 15 is 0 Å². The standard InChI is InChI=1S/C17H28N2O/c1-12-6-13(2)8-15(7-12)16(18)10-19-9-14(3)20-17(4,5)11-19/h6-8,14,16H,9-11,18H2,1-5H3. The molecule has 2 atom stereocenters. The maximum Gasteiger partial charge on any atom is 0.0757 e. The van der Waals surface area contributed by atoms with Crippen molar-refractivity contribution < 1.29 is 4.74 Å². The molecule has 0 aliphatic carbocycles. The normalized spacial score (nSPS) is 24.6. The van der Waals surface area contributed by atoms with Crippen LogP contribution in [0.15, 0.2) is 18.2 Å². The van der Waals surface area contributed by atoms with Gasteiger partial charge in [0, 0.05) is 25.7 Å². The summed E-state index contributed by atoms with van der Waals surface area (Å²) < 4.78 is 5.95. The van der Waals surface area contributed by atoms with Gasteiger partial charge in [0.1, 0.15) is 0 Å². The molecule has 1 fully saturated rings. The van der Waals surface area contributed by atoms with E-state index in [2.05, 4.69) is 57.7 Å². The van der Waals surface area contributed by atoms with E-state index in [9.17, 15) is 0 Å². The fourth-order valence-electron chi connectivity index (χ4n) is 3.33. The molecule has 1 aliphatic rings. The predicted octanol–water partition coefficient (Wildman–Crippen LogP) is 2.80. The zero-order valence-corrected chi connectivity index (χ0v) is 13.4. The number of nitrogens with zero attached hydrogens (tertiary/aromatic N) is 1. The zero-order valence-electron chi connectivity index (χ0n) is 13.4. The van der Waals surface area contributed by atoms with Gasteiger partial charge in [-0.3, -0.25) is 4.90 Å². The van der Waals surface area contributed by atoms with Crippen LogP contribution in [0.25, 0.3) is 0 Å². The molecule has 1 saturated heterocycles. The van der Waals surface area contributed by atoms with Gasteiger partial charge in [0.05, 0.1) is 11.7 Å². The highest BCUT2D eigenvalue weighted by Crippen LogP contribution is 2.23. The summed E-state index contributed by atoms with van der Waals surface area (Å²) in [5.74, 6) is 0. The second kappa shape index (κ2) is 5.84. The molecule has 3 heteroatoms. The molecule has 0 bridgehead atoms. The lowest BCUT2D eigenvalue weighted by Gasteiger charge is -2.42. The van der Waals surface area contributed by atoms with Gasteiger partial charge >= 0.3 is 0 Å². The molecule has 2 rings (SSSR count). The van der Waals surface area contributed by atoms with E-state index in [0.29, 0.717) is 0 Å². The molecule has 1 aliphatic heterocycles. The van der Waals surface area contributed by atoms with E-state index in [1.165, 1.54) is 16.7 Å². The fourth-order valence-corrected chi connectivity index (χ4v) is 3.33. The van der Waals surface area contributed by atoms with Crippen molar-refractivity contribution in [1.29, 1.82) is 0 Å². The maximum atomic E-state index is 6.42. The summed E-state index contributed by atoms with van der Waals surface area (Å²) in [5, 5.41) is 0. The van der Waals surface area contributed by atoms with Crippen LogP contribution in [0.5, 0.6) is 0 Å². The molecule has 0 spiro atoms. The summed E-state index contributed by atoms with van der Waals surface area (Å²) in [7, 11) is 0. The number of hydrogen-bond donors (Lipinski definition) is 1. The monoisotopic (exact) mass is 276 g/mol. The molecule has 0 amide bonds. The first-order chi connectivity index (χ1) is 9.25. The van der Waals surface area contributed by atoms with Crippen LogP contribution in [-0.2, 0) is 4.74 Å². The van der Waals surface area contributed by atoms with E-state index in [0.717, 1.165) is 19.6 Å². The summed E-state index contributed by atoms with van der Waals surface area (Å²) in [6, 6.07) is 6.66. The average Bonchev–Trinajstić information content (AvgIpc) is 2.24. The van der Waals surface area contributed by atoms with Crippen molar-refractivity contribution in [3.05, 3.63) is 34.9 Å². The Morgan fingerprint density at radius 3 is 2.45 bits per heavy atom. The van der Waals surface area contributed by atoms with Crippen molar-refractivity contribution in [3.63, 3.8) is 0 Å². The smallest absolute Gasteiger partial charge is 0.0757 e. The SMILES string of the molecule is Cc1cc(C)cc(C(N)CN2CC(C)OC(C)(C)C2)c1. The van der Waals surface area contributed by atoms with Crippen LogP contribution >= 0.6 is 0 Å². The molecule has 1 heterocycles. The quantitative estimate of drug-likeness (QED) is 0.922. The Hall–Kier alpha value is -0.900. The number of morpholine rings is 1. The number of rotatable bonds is 3. The van der Waals surface area contributed by atoms with E-state index in [4.69, 9.17) is 10.5 Å². The predicted molar refractivity (Wildman–Crippen MR) is 83.9 cm³/mol. The molecule has 2 N–H and O–H groups in total. The Bertz CT molecular complexity index is 450. The molecular weight excluding hydrogens is 248 g/mol. The van der Waals surface area contributed by atoms with Gasteiger partial charge < -0.3 is 10.5 Å². The topological polar surface area (TPSA) is 38.5 Å². The third-order valence-electron chi connectivity index (χ3n) is 3.77. The molecule has 112 valence electrons. The molecule has 3 nitrogen and oxygen atoms in total. The van der Waals surface area contributed by atoms with Crippen LogP contribution in [0.3, 0.4) is 0 Å². The highest BCUT2D eigenvalue weighted by Gasteiger charge is 2.31. The molecule has 1 aromatic rings. The second-order valence-electron chi connectivity index (χ2n) is 6.91. The highest BCUT2D eigenvalue weighted by molar-refractivity contribution is 5.30. The molecule has 1 aromatic carbocycles. The first-order valence-electron chi connectivity index (χ1n) is 7.49. The summed E-state index contributed by atoms with van der Waals surface area (Å²) in [6.45, 7) is 13.5. The Morgan fingerprint density at radius 1 is 1.30 bits per heavy atom. The van der Waals surface area contributed by atoms with Gasteiger partial charge in [-0.25, -0.2) is 0 Å². The number of nitrogens with two attached hydrogens (primary N) is 1. The van der Waals surface area contributed by atoms with Crippen molar-refractivity contribution in [3.8, 4) is 0 Å². The van der Waals surface area contributed by atoms with Crippen molar-refractivity contribution >= 4 is 0 Å². The third kappa shape index (κ3) is 4.05. The second-order valence-corrected chi connectivity index (χ2v) is 6.91. The van der Waals surface area contributed by atoms with Crippen LogP contribution in [0.1, 0.15) is 43.5 Å². The maximum absolute atomic E-state index is 6.42. The molecule has 20 heavy (non-hydrogen) atoms. The van der Waals surface area contributed by atoms with Crippen LogP contribution in [-0.4, -0.2) is 36.2 Å². The Labute approximate surface area is 123 Å². The Kier molecular flexibility index (Phi) is 4.52. The van der Waals surface area contributed by atoms with E-state index in [-0.39, 0.29) is 17.7 Å². The van der Waals surface area contributed by atoms with Crippen molar-refractivity contribution in [2.75, 3.05) is 19.6 Å². The van der Waals surface area contributed by atoms with Gasteiger partial charge in [-0.05, 0) is 40.2 Å². The van der Waals surface area contributed by atoms with E-state index < -0.39 is 0 Å². The van der Waals surface area contributed by atoms with Gasteiger partial charge in [0.2, 0.25) is 0 Å². The molecule has 2 unspecified atom stereocenters. The van der Waals surface area contributed by atoms with Gasteiger partial charge in [0.25, 0.3) is 0 Å². The van der Waals surface area contributed by atoms with Gasteiger partial charge in [0.15, 0.2) is 0 Å². The van der Waals surface area contributed by atoms with Gasteiger partial charge in [-0.2, -0.15) is 0 Å². The lowest BCUT2D eigenvalue weighted by atomic mass is 10.00. The summed E-state index contributed by atoms with van der Waals surface area (Å²) >= 11 is 0. The molecular formula is C17H28N2O. The Morgan fingerprint density at radius 2 is 1.90 bits per heavy atom. The summed E-state index contributed by atoms with van der Waals surface area (Å²) in [4.78, 5) is 2.43. The first-order valence-corrected chi connectivity index (χ1v) is 7.49. The largest absolute Gasteiger partial charge is 0.370 e. The summed E-state index contributed by atoms with van der Waals surface area (Å²) in [6.07, 6.45) is 0.269. The fraction of sp³-hybridized carbons (Fsp3) is 0.647.